The Morgan fingerprint density at radius 2 is 1.95 bits per heavy atom. The van der Waals surface area contributed by atoms with Gasteiger partial charge < -0.3 is 10.1 Å². The maximum atomic E-state index is 12.3. The zero-order valence-electron chi connectivity index (χ0n) is 11.9. The van der Waals surface area contributed by atoms with Crippen LogP contribution in [0, 0.1) is 0 Å². The fourth-order valence-electron chi connectivity index (χ4n) is 2.03. The summed E-state index contributed by atoms with van der Waals surface area (Å²) in [6, 6.07) is 12.7. The first-order chi connectivity index (χ1) is 10.1. The van der Waals surface area contributed by atoms with Crippen molar-refractivity contribution in [2.24, 2.45) is 0 Å². The second-order valence-electron chi connectivity index (χ2n) is 4.66. The number of ether oxygens (including phenoxy) is 1. The Hall–Kier alpha value is -1.91. The lowest BCUT2D eigenvalue weighted by molar-refractivity contribution is -0.132. The van der Waals surface area contributed by atoms with Gasteiger partial charge in [-0.3, -0.25) is 9.78 Å². The van der Waals surface area contributed by atoms with Gasteiger partial charge in [-0.15, -0.1) is 0 Å². The molecular formula is C16H17ClN2O2. The van der Waals surface area contributed by atoms with Gasteiger partial charge in [0.1, 0.15) is 0 Å². The number of hydrogen-bond donors (Lipinski definition) is 1. The Kier molecular flexibility index (Phi) is 5.31. The summed E-state index contributed by atoms with van der Waals surface area (Å²) >= 11 is 5.81. The van der Waals surface area contributed by atoms with E-state index in [2.05, 4.69) is 10.3 Å². The molecule has 110 valence electrons. The van der Waals surface area contributed by atoms with Crippen LogP contribution in [0.3, 0.4) is 0 Å². The highest BCUT2D eigenvalue weighted by Crippen LogP contribution is 2.19. The van der Waals surface area contributed by atoms with Crippen molar-refractivity contribution in [3.8, 4) is 0 Å². The van der Waals surface area contributed by atoms with Crippen LogP contribution in [-0.2, 0) is 9.53 Å². The van der Waals surface area contributed by atoms with Crippen LogP contribution < -0.4 is 5.32 Å². The summed E-state index contributed by atoms with van der Waals surface area (Å²) in [6.45, 7) is 1.87. The van der Waals surface area contributed by atoms with Crippen LogP contribution in [-0.4, -0.2) is 18.0 Å². The van der Waals surface area contributed by atoms with Gasteiger partial charge in [-0.2, -0.15) is 0 Å². The van der Waals surface area contributed by atoms with Gasteiger partial charge in [-0.05, 0) is 24.6 Å². The van der Waals surface area contributed by atoms with Gasteiger partial charge >= 0.3 is 0 Å². The van der Waals surface area contributed by atoms with Crippen molar-refractivity contribution in [3.05, 3.63) is 64.9 Å². The van der Waals surface area contributed by atoms with E-state index in [1.54, 1.807) is 18.3 Å². The van der Waals surface area contributed by atoms with Crippen molar-refractivity contribution in [3.63, 3.8) is 0 Å². The lowest BCUT2D eigenvalue weighted by atomic mass is 10.1. The molecule has 0 aliphatic carbocycles. The molecule has 0 saturated heterocycles. The van der Waals surface area contributed by atoms with E-state index in [1.807, 2.05) is 37.3 Å². The van der Waals surface area contributed by atoms with Gasteiger partial charge in [0.05, 0.1) is 16.8 Å². The molecule has 2 aromatic rings. The largest absolute Gasteiger partial charge is 0.367 e. The van der Waals surface area contributed by atoms with Gasteiger partial charge in [-0.1, -0.05) is 41.9 Å². The van der Waals surface area contributed by atoms with E-state index in [-0.39, 0.29) is 11.9 Å². The Morgan fingerprint density at radius 1 is 1.24 bits per heavy atom. The quantitative estimate of drug-likeness (QED) is 0.922. The number of amides is 1. The van der Waals surface area contributed by atoms with E-state index < -0.39 is 6.10 Å². The molecule has 5 heteroatoms. The van der Waals surface area contributed by atoms with Crippen LogP contribution in [0.5, 0.6) is 0 Å². The highest BCUT2D eigenvalue weighted by molar-refractivity contribution is 6.30. The molecule has 0 aliphatic heterocycles. The molecule has 0 radical (unpaired) electrons. The van der Waals surface area contributed by atoms with Crippen LogP contribution in [0.15, 0.2) is 48.7 Å². The van der Waals surface area contributed by atoms with Gasteiger partial charge in [0.15, 0.2) is 6.10 Å². The lowest BCUT2D eigenvalue weighted by Gasteiger charge is -2.19. The Morgan fingerprint density at radius 3 is 2.52 bits per heavy atom. The van der Waals surface area contributed by atoms with E-state index in [0.29, 0.717) is 5.02 Å². The standard InChI is InChI=1S/C16H17ClN2O2/c1-11(14-9-8-13(17)10-18-14)19-16(20)15(21-2)12-6-4-3-5-7-12/h3-11,15H,1-2H3,(H,19,20)/t11-,15+/m0/s1. The number of nitrogens with zero attached hydrogens (tertiary/aromatic N) is 1. The molecule has 2 atom stereocenters. The third kappa shape index (κ3) is 4.03. The summed E-state index contributed by atoms with van der Waals surface area (Å²) < 4.78 is 5.30. The Balaban J connectivity index is 2.07. The number of pyridine rings is 1. The first-order valence-corrected chi connectivity index (χ1v) is 6.99. The Labute approximate surface area is 129 Å². The van der Waals surface area contributed by atoms with Gasteiger partial charge in [0.25, 0.3) is 5.91 Å². The average molecular weight is 305 g/mol. The van der Waals surface area contributed by atoms with E-state index in [0.717, 1.165) is 11.3 Å². The summed E-state index contributed by atoms with van der Waals surface area (Å²) in [5, 5.41) is 3.46. The topological polar surface area (TPSA) is 51.2 Å². The van der Waals surface area contributed by atoms with Crippen LogP contribution in [0.25, 0.3) is 0 Å². The normalized spacial score (nSPS) is 13.5. The van der Waals surface area contributed by atoms with Crippen LogP contribution >= 0.6 is 11.6 Å². The Bertz CT molecular complexity index is 587. The van der Waals surface area contributed by atoms with Crippen LogP contribution in [0.1, 0.15) is 30.3 Å². The van der Waals surface area contributed by atoms with E-state index >= 15 is 0 Å². The number of carbonyl (C=O) groups is 1. The summed E-state index contributed by atoms with van der Waals surface area (Å²) in [7, 11) is 1.52. The molecule has 1 heterocycles. The van der Waals surface area contributed by atoms with Crippen molar-refractivity contribution in [1.82, 2.24) is 10.3 Å². The smallest absolute Gasteiger partial charge is 0.254 e. The van der Waals surface area contributed by atoms with Gasteiger partial charge in [-0.25, -0.2) is 0 Å². The number of halogens is 1. The second kappa shape index (κ2) is 7.20. The van der Waals surface area contributed by atoms with Gasteiger partial charge in [0, 0.05) is 13.3 Å². The van der Waals surface area contributed by atoms with E-state index in [9.17, 15) is 4.79 Å². The highest BCUT2D eigenvalue weighted by Gasteiger charge is 2.22. The SMILES string of the molecule is CO[C@@H](C(=O)N[C@@H](C)c1ccc(Cl)cn1)c1ccccc1. The second-order valence-corrected chi connectivity index (χ2v) is 5.09. The maximum absolute atomic E-state index is 12.3. The van der Waals surface area contributed by atoms with E-state index in [4.69, 9.17) is 16.3 Å². The first kappa shape index (κ1) is 15.5. The fourth-order valence-corrected chi connectivity index (χ4v) is 2.14. The number of methoxy groups -OCH3 is 1. The molecule has 2 rings (SSSR count). The predicted molar refractivity (Wildman–Crippen MR) is 82.0 cm³/mol. The zero-order valence-corrected chi connectivity index (χ0v) is 12.7. The monoisotopic (exact) mass is 304 g/mol. The van der Waals surface area contributed by atoms with Gasteiger partial charge in [0.2, 0.25) is 0 Å². The molecule has 0 unspecified atom stereocenters. The summed E-state index contributed by atoms with van der Waals surface area (Å²) in [5.41, 5.74) is 1.56. The highest BCUT2D eigenvalue weighted by atomic mass is 35.5. The van der Waals surface area contributed by atoms with Crippen molar-refractivity contribution in [2.45, 2.75) is 19.1 Å². The third-order valence-electron chi connectivity index (χ3n) is 3.13. The average Bonchev–Trinajstić information content (AvgIpc) is 2.49. The lowest BCUT2D eigenvalue weighted by Crippen LogP contribution is -2.32. The molecule has 0 spiro atoms. The number of hydrogen-bond acceptors (Lipinski definition) is 3. The number of benzene rings is 1. The van der Waals surface area contributed by atoms with Crippen molar-refractivity contribution >= 4 is 17.5 Å². The van der Waals surface area contributed by atoms with Crippen LogP contribution in [0.4, 0.5) is 0 Å². The van der Waals surface area contributed by atoms with Crippen molar-refractivity contribution in [2.75, 3.05) is 7.11 Å². The van der Waals surface area contributed by atoms with Crippen LogP contribution in [0.2, 0.25) is 5.02 Å². The van der Waals surface area contributed by atoms with Crippen molar-refractivity contribution < 1.29 is 9.53 Å². The number of aromatic nitrogens is 1. The number of nitrogens with one attached hydrogen (secondary N) is 1. The minimum absolute atomic E-state index is 0.201. The summed E-state index contributed by atoms with van der Waals surface area (Å²) in [4.78, 5) is 16.5. The summed E-state index contributed by atoms with van der Waals surface area (Å²) in [6.07, 6.45) is 0.922. The molecule has 1 aromatic carbocycles. The molecule has 0 bridgehead atoms. The van der Waals surface area contributed by atoms with E-state index in [1.165, 1.54) is 7.11 Å². The van der Waals surface area contributed by atoms with Crippen molar-refractivity contribution in [1.29, 1.82) is 0 Å². The minimum Gasteiger partial charge on any atom is -0.367 e. The molecule has 0 aliphatic rings. The fraction of sp³-hybridized carbons (Fsp3) is 0.250. The molecule has 4 nitrogen and oxygen atoms in total. The third-order valence-corrected chi connectivity index (χ3v) is 3.35. The molecule has 21 heavy (non-hydrogen) atoms. The molecule has 1 N–H and O–H groups in total. The predicted octanol–water partition coefficient (Wildman–Crippen LogP) is 3.30. The minimum atomic E-state index is -0.638. The molecule has 1 aromatic heterocycles. The molecular weight excluding hydrogens is 288 g/mol. The maximum Gasteiger partial charge on any atom is 0.254 e. The molecule has 1 amide bonds. The summed E-state index contributed by atoms with van der Waals surface area (Å²) in [5.74, 6) is -0.201. The zero-order chi connectivity index (χ0) is 15.2. The number of rotatable bonds is 5. The molecule has 0 saturated carbocycles. The molecule has 0 fully saturated rings. The first-order valence-electron chi connectivity index (χ1n) is 6.61. The number of carbonyl (C=O) groups excluding carboxylic acids is 1.